The van der Waals surface area contributed by atoms with Gasteiger partial charge in [-0.15, -0.1) is 0 Å². The number of hydrogen-bond donors (Lipinski definition) is 2. The zero-order chi connectivity index (χ0) is 23.8. The number of carbonyl (C=O) groups is 2. The molecule has 2 aromatic carbocycles. The van der Waals surface area contributed by atoms with E-state index in [9.17, 15) is 9.59 Å². The topological polar surface area (TPSA) is 103 Å². The summed E-state index contributed by atoms with van der Waals surface area (Å²) in [6.45, 7) is 2.23. The Morgan fingerprint density at radius 3 is 2.68 bits per heavy atom. The lowest BCUT2D eigenvalue weighted by atomic mass is 9.97. The number of rotatable bonds is 7. The van der Waals surface area contributed by atoms with Gasteiger partial charge in [0.15, 0.2) is 0 Å². The number of urea groups is 1. The molecule has 0 unspecified atom stereocenters. The molecular formula is C26H28N6O2. The van der Waals surface area contributed by atoms with E-state index in [2.05, 4.69) is 21.7 Å². The van der Waals surface area contributed by atoms with Crippen molar-refractivity contribution in [3.63, 3.8) is 0 Å². The summed E-state index contributed by atoms with van der Waals surface area (Å²) in [4.78, 5) is 31.3. The van der Waals surface area contributed by atoms with Crippen molar-refractivity contribution in [1.29, 1.82) is 5.26 Å². The van der Waals surface area contributed by atoms with Crippen LogP contribution in [0.25, 0.3) is 0 Å². The number of imidazole rings is 1. The smallest absolute Gasteiger partial charge is 0.321 e. The number of nitrogens with zero attached hydrogens (tertiary/aromatic N) is 4. The first kappa shape index (κ1) is 23.1. The molecule has 1 saturated heterocycles. The number of carbonyl (C=O) groups excluding carboxylic acids is 2. The van der Waals surface area contributed by atoms with Crippen LogP contribution < -0.4 is 10.6 Å². The summed E-state index contributed by atoms with van der Waals surface area (Å²) < 4.78 is 2.05. The SMILES string of the molecule is N#Cc1ccc(Cn2cncc2CCNC(=O)[C@H]2CCCN(C(=O)Nc3ccccc3)C2)cc1. The third kappa shape index (κ3) is 6.01. The van der Waals surface area contributed by atoms with E-state index < -0.39 is 0 Å². The van der Waals surface area contributed by atoms with Crippen LogP contribution in [-0.2, 0) is 17.8 Å². The molecule has 174 valence electrons. The highest BCUT2D eigenvalue weighted by molar-refractivity contribution is 5.90. The summed E-state index contributed by atoms with van der Waals surface area (Å²) in [6.07, 6.45) is 5.83. The molecule has 0 radical (unpaired) electrons. The van der Waals surface area contributed by atoms with Crippen LogP contribution in [0.3, 0.4) is 0 Å². The molecule has 8 nitrogen and oxygen atoms in total. The van der Waals surface area contributed by atoms with E-state index in [1.54, 1.807) is 23.4 Å². The maximum absolute atomic E-state index is 12.8. The lowest BCUT2D eigenvalue weighted by Crippen LogP contribution is -2.47. The molecule has 1 aromatic heterocycles. The molecule has 0 spiro atoms. The summed E-state index contributed by atoms with van der Waals surface area (Å²) in [7, 11) is 0. The summed E-state index contributed by atoms with van der Waals surface area (Å²) in [5.41, 5.74) is 3.49. The first-order chi connectivity index (χ1) is 16.6. The van der Waals surface area contributed by atoms with Gasteiger partial charge in [-0.1, -0.05) is 30.3 Å². The average Bonchev–Trinajstić information content (AvgIpc) is 3.31. The molecule has 8 heteroatoms. The van der Waals surface area contributed by atoms with E-state index in [1.807, 2.05) is 53.2 Å². The maximum Gasteiger partial charge on any atom is 0.321 e. The second kappa shape index (κ2) is 11.1. The van der Waals surface area contributed by atoms with Crippen molar-refractivity contribution in [1.82, 2.24) is 19.8 Å². The van der Waals surface area contributed by atoms with Crippen molar-refractivity contribution in [2.24, 2.45) is 5.92 Å². The normalized spacial score (nSPS) is 15.4. The van der Waals surface area contributed by atoms with Crippen LogP contribution in [0.5, 0.6) is 0 Å². The molecule has 3 aromatic rings. The largest absolute Gasteiger partial charge is 0.355 e. The summed E-state index contributed by atoms with van der Waals surface area (Å²) in [5, 5.41) is 14.9. The number of para-hydroxylation sites is 1. The first-order valence-electron chi connectivity index (χ1n) is 11.5. The molecule has 3 amide bonds. The predicted octanol–water partition coefficient (Wildman–Crippen LogP) is 3.41. The molecule has 0 aliphatic carbocycles. The summed E-state index contributed by atoms with van der Waals surface area (Å²) in [6, 6.07) is 18.8. The zero-order valence-corrected chi connectivity index (χ0v) is 19.0. The van der Waals surface area contributed by atoms with Crippen LogP contribution in [0, 0.1) is 17.2 Å². The Bertz CT molecular complexity index is 1150. The highest BCUT2D eigenvalue weighted by Gasteiger charge is 2.28. The van der Waals surface area contributed by atoms with Crippen molar-refractivity contribution < 1.29 is 9.59 Å². The zero-order valence-electron chi connectivity index (χ0n) is 19.0. The number of nitrogens with one attached hydrogen (secondary N) is 2. The van der Waals surface area contributed by atoms with Gasteiger partial charge < -0.3 is 20.1 Å². The van der Waals surface area contributed by atoms with E-state index in [4.69, 9.17) is 5.26 Å². The lowest BCUT2D eigenvalue weighted by Gasteiger charge is -2.32. The van der Waals surface area contributed by atoms with Crippen molar-refractivity contribution in [2.75, 3.05) is 25.0 Å². The van der Waals surface area contributed by atoms with E-state index in [1.165, 1.54) is 0 Å². The molecule has 1 aliphatic heterocycles. The van der Waals surface area contributed by atoms with Crippen LogP contribution in [0.1, 0.15) is 29.7 Å². The molecule has 34 heavy (non-hydrogen) atoms. The van der Waals surface area contributed by atoms with Gasteiger partial charge in [-0.3, -0.25) is 4.79 Å². The fourth-order valence-corrected chi connectivity index (χ4v) is 4.14. The fourth-order valence-electron chi connectivity index (χ4n) is 4.14. The average molecular weight is 457 g/mol. The van der Waals surface area contributed by atoms with E-state index in [0.29, 0.717) is 38.2 Å². The van der Waals surface area contributed by atoms with Gasteiger partial charge in [0.25, 0.3) is 0 Å². The molecular weight excluding hydrogens is 428 g/mol. The minimum atomic E-state index is -0.209. The fraction of sp³-hybridized carbons (Fsp3) is 0.308. The molecule has 1 atom stereocenters. The second-order valence-electron chi connectivity index (χ2n) is 8.44. The highest BCUT2D eigenvalue weighted by atomic mass is 16.2. The van der Waals surface area contributed by atoms with Crippen molar-refractivity contribution >= 4 is 17.6 Å². The Morgan fingerprint density at radius 2 is 1.91 bits per heavy atom. The number of hydrogen-bond acceptors (Lipinski definition) is 4. The molecule has 1 fully saturated rings. The number of benzene rings is 2. The first-order valence-corrected chi connectivity index (χ1v) is 11.5. The van der Waals surface area contributed by atoms with Gasteiger partial charge in [-0.25, -0.2) is 9.78 Å². The number of amides is 3. The molecule has 1 aliphatic rings. The molecule has 2 heterocycles. The minimum absolute atomic E-state index is 0.0182. The van der Waals surface area contributed by atoms with Crippen molar-refractivity contribution in [3.05, 3.63) is 83.9 Å². The minimum Gasteiger partial charge on any atom is -0.355 e. The number of likely N-dealkylation sites (tertiary alicyclic amines) is 1. The molecule has 2 N–H and O–H groups in total. The van der Waals surface area contributed by atoms with Gasteiger partial charge in [-0.2, -0.15) is 5.26 Å². The Balaban J connectivity index is 1.25. The van der Waals surface area contributed by atoms with Gasteiger partial charge in [0.1, 0.15) is 0 Å². The van der Waals surface area contributed by atoms with Gasteiger partial charge in [0.2, 0.25) is 5.91 Å². The number of aromatic nitrogens is 2. The molecule has 4 rings (SSSR count). The second-order valence-corrected chi connectivity index (χ2v) is 8.44. The third-order valence-corrected chi connectivity index (χ3v) is 6.02. The Labute approximate surface area is 199 Å². The van der Waals surface area contributed by atoms with Crippen molar-refractivity contribution in [3.8, 4) is 6.07 Å². The van der Waals surface area contributed by atoms with Gasteiger partial charge in [-0.05, 0) is 42.7 Å². The monoisotopic (exact) mass is 456 g/mol. The van der Waals surface area contributed by atoms with E-state index >= 15 is 0 Å². The number of anilines is 1. The predicted molar refractivity (Wildman–Crippen MR) is 129 cm³/mol. The van der Waals surface area contributed by atoms with Crippen LogP contribution in [-0.4, -0.2) is 46.0 Å². The lowest BCUT2D eigenvalue weighted by molar-refractivity contribution is -0.126. The van der Waals surface area contributed by atoms with Crippen LogP contribution >= 0.6 is 0 Å². The molecule has 0 saturated carbocycles. The molecule has 0 bridgehead atoms. The quantitative estimate of drug-likeness (QED) is 0.569. The van der Waals surface area contributed by atoms with Gasteiger partial charge in [0.05, 0.1) is 23.9 Å². The summed E-state index contributed by atoms with van der Waals surface area (Å²) >= 11 is 0. The van der Waals surface area contributed by atoms with Crippen LogP contribution in [0.4, 0.5) is 10.5 Å². The van der Waals surface area contributed by atoms with E-state index in [-0.39, 0.29) is 17.9 Å². The standard InChI is InChI=1S/C26H28N6O2/c27-15-20-8-10-21(11-9-20)17-32-19-28-16-24(32)12-13-29-25(33)22-5-4-14-31(18-22)26(34)30-23-6-2-1-3-7-23/h1-3,6-11,16,19,22H,4-5,12-14,17-18H2,(H,29,33)(H,30,34)/t22-/m0/s1. The Kier molecular flexibility index (Phi) is 7.56. The Hall–Kier alpha value is -4.12. The van der Waals surface area contributed by atoms with E-state index in [0.717, 1.165) is 29.8 Å². The van der Waals surface area contributed by atoms with Crippen LogP contribution in [0.2, 0.25) is 0 Å². The highest BCUT2D eigenvalue weighted by Crippen LogP contribution is 2.18. The number of piperidine rings is 1. The number of nitriles is 1. The van der Waals surface area contributed by atoms with Gasteiger partial charge >= 0.3 is 6.03 Å². The Morgan fingerprint density at radius 1 is 1.12 bits per heavy atom. The third-order valence-electron chi connectivity index (χ3n) is 6.02. The maximum atomic E-state index is 12.8. The summed E-state index contributed by atoms with van der Waals surface area (Å²) in [5.74, 6) is -0.228. The van der Waals surface area contributed by atoms with Crippen molar-refractivity contribution in [2.45, 2.75) is 25.8 Å². The van der Waals surface area contributed by atoms with Gasteiger partial charge in [0, 0.05) is 50.2 Å². The van der Waals surface area contributed by atoms with Crippen LogP contribution in [0.15, 0.2) is 67.1 Å².